The molecule has 0 aliphatic rings. The molecular weight excluding hydrogens is 373 g/mol. The third kappa shape index (κ3) is 4.32. The molecule has 0 aliphatic carbocycles. The lowest BCUT2D eigenvalue weighted by Crippen LogP contribution is -1.97. The summed E-state index contributed by atoms with van der Waals surface area (Å²) in [6, 6.07) is 17.5. The molecule has 25 heavy (non-hydrogen) atoms. The summed E-state index contributed by atoms with van der Waals surface area (Å²) in [4.78, 5) is 8.79. The van der Waals surface area contributed by atoms with Gasteiger partial charge in [-0.1, -0.05) is 76.9 Å². The van der Waals surface area contributed by atoms with Crippen molar-refractivity contribution < 1.29 is 0 Å². The minimum absolute atomic E-state index is 0.161. The van der Waals surface area contributed by atoms with Crippen LogP contribution >= 0.6 is 35.0 Å². The number of rotatable bonds is 4. The second kappa shape index (κ2) is 7.88. The number of aromatic nitrogens is 2. The highest BCUT2D eigenvalue weighted by Gasteiger charge is 2.15. The van der Waals surface area contributed by atoms with Gasteiger partial charge in [0.15, 0.2) is 10.3 Å². The Balaban J connectivity index is 1.91. The van der Waals surface area contributed by atoms with Crippen molar-refractivity contribution in [3.05, 3.63) is 75.4 Å². The van der Waals surface area contributed by atoms with E-state index < -0.39 is 0 Å². The molecule has 0 saturated heterocycles. The number of benzene rings is 2. The Morgan fingerprint density at radius 2 is 1.68 bits per heavy atom. The van der Waals surface area contributed by atoms with Crippen molar-refractivity contribution in [1.29, 1.82) is 5.26 Å². The number of hydrogen-bond acceptors (Lipinski definition) is 4. The van der Waals surface area contributed by atoms with Gasteiger partial charge >= 0.3 is 0 Å². The van der Waals surface area contributed by atoms with E-state index in [9.17, 15) is 5.26 Å². The summed E-state index contributed by atoms with van der Waals surface area (Å²) >= 11 is 13.6. The van der Waals surface area contributed by atoms with E-state index in [0.29, 0.717) is 15.9 Å². The van der Waals surface area contributed by atoms with Crippen LogP contribution in [-0.4, -0.2) is 9.97 Å². The van der Waals surface area contributed by atoms with Crippen molar-refractivity contribution in [1.82, 2.24) is 9.97 Å². The van der Waals surface area contributed by atoms with Crippen molar-refractivity contribution in [2.75, 3.05) is 0 Å². The van der Waals surface area contributed by atoms with Crippen LogP contribution in [0.4, 0.5) is 0 Å². The lowest BCUT2D eigenvalue weighted by molar-refractivity contribution is 0.966. The molecule has 3 aromatic rings. The third-order valence-corrected chi connectivity index (χ3v) is 5.01. The fraction of sp³-hybridized carbons (Fsp3) is 0.105. The number of aryl methyl sites for hydroxylation is 1. The van der Waals surface area contributed by atoms with Crippen LogP contribution in [0, 0.1) is 18.3 Å². The van der Waals surface area contributed by atoms with Crippen molar-refractivity contribution in [2.45, 2.75) is 17.8 Å². The molecule has 0 saturated carbocycles. The molecule has 124 valence electrons. The van der Waals surface area contributed by atoms with E-state index in [1.807, 2.05) is 12.1 Å². The zero-order valence-electron chi connectivity index (χ0n) is 13.3. The maximum atomic E-state index is 9.39. The van der Waals surface area contributed by atoms with Gasteiger partial charge in [-0.05, 0) is 24.6 Å². The van der Waals surface area contributed by atoms with E-state index in [1.165, 1.54) is 22.9 Å². The Hall–Kier alpha value is -2.06. The van der Waals surface area contributed by atoms with Gasteiger partial charge in [0.05, 0.1) is 5.69 Å². The SMILES string of the molecule is Cc1ccc(CSc2nc(Cl)c(C#N)c(-c3ccc(Cl)cc3)n2)cc1. The maximum Gasteiger partial charge on any atom is 0.189 e. The Morgan fingerprint density at radius 1 is 1.00 bits per heavy atom. The first kappa shape index (κ1) is 17.8. The molecule has 0 N–H and O–H groups in total. The monoisotopic (exact) mass is 385 g/mol. The molecule has 0 unspecified atom stereocenters. The van der Waals surface area contributed by atoms with Crippen LogP contribution in [0.25, 0.3) is 11.3 Å². The van der Waals surface area contributed by atoms with Crippen LogP contribution in [0.2, 0.25) is 10.2 Å². The van der Waals surface area contributed by atoms with Gasteiger partial charge < -0.3 is 0 Å². The normalized spacial score (nSPS) is 10.5. The van der Waals surface area contributed by atoms with Crippen LogP contribution in [-0.2, 0) is 5.75 Å². The molecule has 0 atom stereocenters. The van der Waals surface area contributed by atoms with Crippen molar-refractivity contribution >= 4 is 35.0 Å². The first-order valence-corrected chi connectivity index (χ1v) is 9.23. The number of thioether (sulfide) groups is 1. The van der Waals surface area contributed by atoms with Crippen LogP contribution < -0.4 is 0 Å². The van der Waals surface area contributed by atoms with Crippen LogP contribution in [0.1, 0.15) is 16.7 Å². The molecule has 0 bridgehead atoms. The van der Waals surface area contributed by atoms with E-state index in [0.717, 1.165) is 11.3 Å². The largest absolute Gasteiger partial charge is 0.221 e. The minimum Gasteiger partial charge on any atom is -0.221 e. The molecule has 0 fully saturated rings. The summed E-state index contributed by atoms with van der Waals surface area (Å²) in [5, 5.41) is 10.7. The Bertz CT molecular complexity index is 933. The molecule has 2 aromatic carbocycles. The molecule has 0 aliphatic heterocycles. The second-order valence-corrected chi connectivity index (χ2v) is 7.15. The number of hydrogen-bond donors (Lipinski definition) is 0. The second-order valence-electron chi connectivity index (χ2n) is 5.41. The van der Waals surface area contributed by atoms with Crippen LogP contribution in [0.3, 0.4) is 0 Å². The first-order chi connectivity index (χ1) is 12.1. The van der Waals surface area contributed by atoms with E-state index in [-0.39, 0.29) is 10.7 Å². The smallest absolute Gasteiger partial charge is 0.189 e. The standard InChI is InChI=1S/C19H13Cl2N3S/c1-12-2-4-13(5-3-12)11-25-19-23-17(16(10-22)18(21)24-19)14-6-8-15(20)9-7-14/h2-9H,11H2,1H3. The molecule has 0 radical (unpaired) electrons. The molecule has 3 rings (SSSR count). The lowest BCUT2D eigenvalue weighted by atomic mass is 10.1. The number of nitriles is 1. The molecular formula is C19H13Cl2N3S. The minimum atomic E-state index is 0.161. The summed E-state index contributed by atoms with van der Waals surface area (Å²) in [5.41, 5.74) is 3.96. The van der Waals surface area contributed by atoms with Gasteiger partial charge in [0.25, 0.3) is 0 Å². The molecule has 1 heterocycles. The quantitative estimate of drug-likeness (QED) is 0.317. The number of halogens is 2. The van der Waals surface area contributed by atoms with E-state index in [2.05, 4.69) is 47.2 Å². The zero-order valence-corrected chi connectivity index (χ0v) is 15.7. The summed E-state index contributed by atoms with van der Waals surface area (Å²) in [6.45, 7) is 2.05. The fourth-order valence-corrected chi connectivity index (χ4v) is 3.41. The zero-order chi connectivity index (χ0) is 17.8. The van der Waals surface area contributed by atoms with Gasteiger partial charge in [-0.2, -0.15) is 5.26 Å². The predicted molar refractivity (Wildman–Crippen MR) is 103 cm³/mol. The summed E-state index contributed by atoms with van der Waals surface area (Å²) in [7, 11) is 0. The highest BCUT2D eigenvalue weighted by Crippen LogP contribution is 2.30. The van der Waals surface area contributed by atoms with Gasteiger partial charge in [0, 0.05) is 16.3 Å². The predicted octanol–water partition coefficient (Wildman–Crippen LogP) is 5.92. The van der Waals surface area contributed by atoms with Gasteiger partial charge in [-0.15, -0.1) is 0 Å². The Kier molecular flexibility index (Phi) is 5.60. The van der Waals surface area contributed by atoms with Crippen LogP contribution in [0.15, 0.2) is 53.7 Å². The third-order valence-electron chi connectivity index (χ3n) is 3.56. The molecule has 0 spiro atoms. The van der Waals surface area contributed by atoms with E-state index in [1.54, 1.807) is 12.1 Å². The summed E-state index contributed by atoms with van der Waals surface area (Å²) in [5.74, 6) is 0.725. The first-order valence-electron chi connectivity index (χ1n) is 7.49. The van der Waals surface area contributed by atoms with Gasteiger partial charge in [-0.3, -0.25) is 0 Å². The highest BCUT2D eigenvalue weighted by atomic mass is 35.5. The number of nitrogens with zero attached hydrogens (tertiary/aromatic N) is 3. The lowest BCUT2D eigenvalue weighted by Gasteiger charge is -2.08. The average molecular weight is 386 g/mol. The maximum absolute atomic E-state index is 9.39. The summed E-state index contributed by atoms with van der Waals surface area (Å²) in [6.07, 6.45) is 0. The Labute approximate surface area is 160 Å². The van der Waals surface area contributed by atoms with E-state index >= 15 is 0 Å². The molecule has 0 amide bonds. The van der Waals surface area contributed by atoms with E-state index in [4.69, 9.17) is 23.2 Å². The summed E-state index contributed by atoms with van der Waals surface area (Å²) < 4.78 is 0. The van der Waals surface area contributed by atoms with Gasteiger partial charge in [-0.25, -0.2) is 9.97 Å². The topological polar surface area (TPSA) is 49.6 Å². The van der Waals surface area contributed by atoms with Crippen molar-refractivity contribution in [3.8, 4) is 17.3 Å². The van der Waals surface area contributed by atoms with Gasteiger partial charge in [0.2, 0.25) is 0 Å². The highest BCUT2D eigenvalue weighted by molar-refractivity contribution is 7.98. The van der Waals surface area contributed by atoms with Crippen molar-refractivity contribution in [3.63, 3.8) is 0 Å². The fourth-order valence-electron chi connectivity index (χ4n) is 2.23. The molecule has 6 heteroatoms. The average Bonchev–Trinajstić information content (AvgIpc) is 2.61. The van der Waals surface area contributed by atoms with Gasteiger partial charge in [0.1, 0.15) is 11.6 Å². The van der Waals surface area contributed by atoms with Crippen molar-refractivity contribution in [2.24, 2.45) is 0 Å². The Morgan fingerprint density at radius 3 is 2.32 bits per heavy atom. The molecule has 3 nitrogen and oxygen atoms in total. The van der Waals surface area contributed by atoms with Crippen LogP contribution in [0.5, 0.6) is 0 Å². The molecule has 1 aromatic heterocycles.